The molecule has 0 aliphatic rings. The zero-order valence-electron chi connectivity index (χ0n) is 10.3. The molecule has 0 N–H and O–H groups in total. The third-order valence-corrected chi connectivity index (χ3v) is 2.84. The van der Waals surface area contributed by atoms with Crippen LogP contribution >= 0.6 is 0 Å². The summed E-state index contributed by atoms with van der Waals surface area (Å²) in [6, 6.07) is 5.90. The molecule has 0 spiro atoms. The van der Waals surface area contributed by atoms with Gasteiger partial charge in [-0.05, 0) is 31.5 Å². The molecule has 17 heavy (non-hydrogen) atoms. The summed E-state index contributed by atoms with van der Waals surface area (Å²) in [4.78, 5) is 16.0. The minimum Gasteiger partial charge on any atom is -0.380 e. The van der Waals surface area contributed by atoms with Gasteiger partial charge in [0.1, 0.15) is 0 Å². The van der Waals surface area contributed by atoms with Crippen LogP contribution in [0.2, 0.25) is 0 Å². The molecule has 0 amide bonds. The maximum Gasteiger partial charge on any atom is 0.269 e. The number of rotatable bonds is 3. The van der Waals surface area contributed by atoms with Gasteiger partial charge in [0.05, 0.1) is 29.9 Å². The predicted molar refractivity (Wildman–Crippen MR) is 67.2 cm³/mol. The maximum atomic E-state index is 11.8. The fraction of sp³-hybridized carbons (Fsp3) is 0.385. The van der Waals surface area contributed by atoms with Crippen LogP contribution in [0.3, 0.4) is 0 Å². The fourth-order valence-corrected chi connectivity index (χ4v) is 1.79. The molecule has 1 aromatic heterocycles. The molecule has 1 aromatic carbocycles. The van der Waals surface area contributed by atoms with Crippen molar-refractivity contribution in [2.45, 2.75) is 26.5 Å². The van der Waals surface area contributed by atoms with Crippen LogP contribution in [0.25, 0.3) is 11.0 Å². The maximum absolute atomic E-state index is 11.8. The first-order valence-electron chi connectivity index (χ1n) is 5.61. The summed E-state index contributed by atoms with van der Waals surface area (Å²) in [5, 5.41) is 0. The molecule has 0 radical (unpaired) electrons. The first-order chi connectivity index (χ1) is 8.11. The number of nitrogens with zero attached hydrogens (tertiary/aromatic N) is 2. The molecule has 0 bridgehead atoms. The number of benzene rings is 1. The highest BCUT2D eigenvalue weighted by atomic mass is 16.5. The zero-order chi connectivity index (χ0) is 12.4. The van der Waals surface area contributed by atoms with E-state index in [9.17, 15) is 4.79 Å². The minimum absolute atomic E-state index is 0.00110. The molecule has 1 atom stereocenters. The van der Waals surface area contributed by atoms with Gasteiger partial charge in [-0.2, -0.15) is 0 Å². The van der Waals surface area contributed by atoms with Crippen LogP contribution in [-0.2, 0) is 11.3 Å². The van der Waals surface area contributed by atoms with Gasteiger partial charge in [0.15, 0.2) is 0 Å². The fourth-order valence-electron chi connectivity index (χ4n) is 1.79. The van der Waals surface area contributed by atoms with Crippen LogP contribution in [-0.4, -0.2) is 22.8 Å². The van der Waals surface area contributed by atoms with Crippen LogP contribution in [0.5, 0.6) is 0 Å². The molecule has 0 aliphatic carbocycles. The van der Waals surface area contributed by atoms with E-state index in [1.807, 2.05) is 32.0 Å². The molecule has 1 heterocycles. The molecule has 0 saturated heterocycles. The van der Waals surface area contributed by atoms with E-state index in [0.717, 1.165) is 16.6 Å². The Morgan fingerprint density at radius 3 is 2.94 bits per heavy atom. The van der Waals surface area contributed by atoms with Gasteiger partial charge in [0.2, 0.25) is 0 Å². The molecule has 2 aromatic rings. The van der Waals surface area contributed by atoms with Crippen LogP contribution < -0.4 is 5.56 Å². The number of aryl methyl sites for hydroxylation is 1. The molecule has 0 saturated carbocycles. The summed E-state index contributed by atoms with van der Waals surface area (Å²) in [6.45, 7) is 4.48. The molecule has 0 fully saturated rings. The number of fused-ring (bicyclic) bond motifs is 1. The lowest BCUT2D eigenvalue weighted by Crippen LogP contribution is -2.26. The molecule has 0 aliphatic heterocycles. The zero-order valence-corrected chi connectivity index (χ0v) is 10.3. The van der Waals surface area contributed by atoms with Crippen molar-refractivity contribution in [3.63, 3.8) is 0 Å². The average molecular weight is 232 g/mol. The van der Waals surface area contributed by atoms with Crippen molar-refractivity contribution in [3.05, 3.63) is 40.3 Å². The number of ether oxygens (including phenoxy) is 1. The number of hydrogen-bond donors (Lipinski definition) is 0. The summed E-state index contributed by atoms with van der Waals surface area (Å²) < 4.78 is 6.92. The summed E-state index contributed by atoms with van der Waals surface area (Å²) in [7, 11) is 1.64. The lowest BCUT2D eigenvalue weighted by molar-refractivity contribution is 0.103. The molecule has 2 rings (SSSR count). The van der Waals surface area contributed by atoms with Crippen molar-refractivity contribution in [2.75, 3.05) is 7.11 Å². The van der Waals surface area contributed by atoms with E-state index in [4.69, 9.17) is 4.74 Å². The highest BCUT2D eigenvalue weighted by Crippen LogP contribution is 2.12. The largest absolute Gasteiger partial charge is 0.380 e. The van der Waals surface area contributed by atoms with E-state index in [-0.39, 0.29) is 11.7 Å². The first-order valence-corrected chi connectivity index (χ1v) is 5.61. The average Bonchev–Trinajstić information content (AvgIpc) is 2.32. The Bertz CT molecular complexity index is 589. The van der Waals surface area contributed by atoms with E-state index in [1.165, 1.54) is 6.20 Å². The Morgan fingerprint density at radius 1 is 1.47 bits per heavy atom. The smallest absolute Gasteiger partial charge is 0.269 e. The van der Waals surface area contributed by atoms with Gasteiger partial charge in [-0.3, -0.25) is 4.79 Å². The second-order valence-corrected chi connectivity index (χ2v) is 4.25. The van der Waals surface area contributed by atoms with Gasteiger partial charge in [-0.25, -0.2) is 4.98 Å². The summed E-state index contributed by atoms with van der Waals surface area (Å²) in [5.74, 6) is 0. The van der Waals surface area contributed by atoms with Gasteiger partial charge in [0.25, 0.3) is 5.56 Å². The van der Waals surface area contributed by atoms with E-state index in [2.05, 4.69) is 4.98 Å². The van der Waals surface area contributed by atoms with Crippen molar-refractivity contribution in [2.24, 2.45) is 0 Å². The normalized spacial score (nSPS) is 12.9. The van der Waals surface area contributed by atoms with Gasteiger partial charge in [0, 0.05) is 7.11 Å². The molecule has 90 valence electrons. The Hall–Kier alpha value is -1.68. The number of methoxy groups -OCH3 is 1. The highest BCUT2D eigenvalue weighted by molar-refractivity contribution is 5.75. The van der Waals surface area contributed by atoms with Crippen molar-refractivity contribution in [1.29, 1.82) is 0 Å². The second-order valence-electron chi connectivity index (χ2n) is 4.25. The quantitative estimate of drug-likeness (QED) is 0.809. The topological polar surface area (TPSA) is 44.1 Å². The van der Waals surface area contributed by atoms with Gasteiger partial charge in [-0.15, -0.1) is 0 Å². The molecule has 4 nitrogen and oxygen atoms in total. The van der Waals surface area contributed by atoms with Crippen LogP contribution in [0.4, 0.5) is 0 Å². The Labute approximate surface area is 99.9 Å². The van der Waals surface area contributed by atoms with E-state index >= 15 is 0 Å². The summed E-state index contributed by atoms with van der Waals surface area (Å²) >= 11 is 0. The summed E-state index contributed by atoms with van der Waals surface area (Å²) in [5.41, 5.74) is 2.72. The third-order valence-electron chi connectivity index (χ3n) is 2.84. The van der Waals surface area contributed by atoms with Crippen LogP contribution in [0.15, 0.2) is 29.2 Å². The Kier molecular flexibility index (Phi) is 3.24. The Morgan fingerprint density at radius 2 is 2.24 bits per heavy atom. The standard InChI is InChI=1S/C13H16N2O2/c1-9-4-5-11-12(6-9)15(8-10(2)17-3)13(16)7-14-11/h4-7,10H,8H2,1-3H3. The Balaban J connectivity index is 2.62. The van der Waals surface area contributed by atoms with Crippen LogP contribution in [0, 0.1) is 6.92 Å². The number of aromatic nitrogens is 2. The lowest BCUT2D eigenvalue weighted by Gasteiger charge is -2.14. The van der Waals surface area contributed by atoms with Gasteiger partial charge >= 0.3 is 0 Å². The van der Waals surface area contributed by atoms with Gasteiger partial charge in [-0.1, -0.05) is 6.07 Å². The molecular formula is C13H16N2O2. The van der Waals surface area contributed by atoms with Crippen LogP contribution in [0.1, 0.15) is 12.5 Å². The summed E-state index contributed by atoms with van der Waals surface area (Å²) in [6.07, 6.45) is 1.36. The SMILES string of the molecule is COC(C)Cn1c(=O)cnc2ccc(C)cc21. The van der Waals surface area contributed by atoms with Crippen molar-refractivity contribution in [1.82, 2.24) is 9.55 Å². The lowest BCUT2D eigenvalue weighted by atomic mass is 10.2. The van der Waals surface area contributed by atoms with Crippen molar-refractivity contribution >= 4 is 11.0 Å². The van der Waals surface area contributed by atoms with E-state index < -0.39 is 0 Å². The first kappa shape index (κ1) is 11.8. The highest BCUT2D eigenvalue weighted by Gasteiger charge is 2.08. The molecule has 4 heteroatoms. The van der Waals surface area contributed by atoms with Crippen molar-refractivity contribution < 1.29 is 4.74 Å². The second kappa shape index (κ2) is 4.67. The van der Waals surface area contributed by atoms with Gasteiger partial charge < -0.3 is 9.30 Å². The van der Waals surface area contributed by atoms with Crippen molar-refractivity contribution in [3.8, 4) is 0 Å². The molecule has 1 unspecified atom stereocenters. The minimum atomic E-state index is -0.0907. The van der Waals surface area contributed by atoms with E-state index in [0.29, 0.717) is 6.54 Å². The molecular weight excluding hydrogens is 216 g/mol. The monoisotopic (exact) mass is 232 g/mol. The number of hydrogen-bond acceptors (Lipinski definition) is 3. The predicted octanol–water partition coefficient (Wildman–Crippen LogP) is 1.74. The third kappa shape index (κ3) is 2.36. The van der Waals surface area contributed by atoms with E-state index in [1.54, 1.807) is 11.7 Å².